The molecule has 1 heterocycles. The van der Waals surface area contributed by atoms with Crippen LogP contribution in [0.4, 0.5) is 0 Å². The minimum Gasteiger partial charge on any atom is -0.271 e. The van der Waals surface area contributed by atoms with Crippen molar-refractivity contribution in [2.24, 2.45) is 5.92 Å². The monoisotopic (exact) mass is 182 g/mol. The first-order chi connectivity index (χ1) is 6.15. The molecule has 0 bridgehead atoms. The molecule has 1 aromatic rings. The Morgan fingerprint density at radius 2 is 2.23 bits per heavy atom. The van der Waals surface area contributed by atoms with Gasteiger partial charge in [-0.25, -0.2) is 0 Å². The van der Waals surface area contributed by atoms with Crippen LogP contribution in [0.15, 0.2) is 0 Å². The van der Waals surface area contributed by atoms with Crippen LogP contribution in [0, 0.1) is 5.92 Å². The highest BCUT2D eigenvalue weighted by Crippen LogP contribution is 1.97. The van der Waals surface area contributed by atoms with Crippen LogP contribution in [0.2, 0.25) is 0 Å². The lowest BCUT2D eigenvalue weighted by molar-refractivity contribution is 0.0816. The number of nitrogens with zero attached hydrogens (tertiary/aromatic N) is 4. The number of rotatable bonds is 3. The van der Waals surface area contributed by atoms with Crippen LogP contribution in [-0.2, 0) is 6.42 Å². The first-order valence-electron chi connectivity index (χ1n) is 4.48. The van der Waals surface area contributed by atoms with Gasteiger partial charge in [0.2, 0.25) is 0 Å². The van der Waals surface area contributed by atoms with E-state index in [-0.39, 0.29) is 11.8 Å². The molecule has 0 aliphatic carbocycles. The highest BCUT2D eigenvalue weighted by atomic mass is 16.2. The summed E-state index contributed by atoms with van der Waals surface area (Å²) in [7, 11) is 0. The van der Waals surface area contributed by atoms with E-state index >= 15 is 0 Å². The minimum absolute atomic E-state index is 0.0938. The van der Waals surface area contributed by atoms with Gasteiger partial charge in [-0.1, -0.05) is 25.6 Å². The first kappa shape index (κ1) is 9.83. The van der Waals surface area contributed by atoms with Crippen molar-refractivity contribution < 1.29 is 4.79 Å². The van der Waals surface area contributed by atoms with E-state index in [9.17, 15) is 4.79 Å². The minimum atomic E-state index is -0.116. The third kappa shape index (κ3) is 2.34. The number of tetrazole rings is 1. The third-order valence-corrected chi connectivity index (χ3v) is 1.62. The van der Waals surface area contributed by atoms with Gasteiger partial charge < -0.3 is 0 Å². The molecule has 0 unspecified atom stereocenters. The van der Waals surface area contributed by atoms with Gasteiger partial charge in [-0.2, -0.15) is 0 Å². The van der Waals surface area contributed by atoms with E-state index in [0.29, 0.717) is 5.82 Å². The van der Waals surface area contributed by atoms with Gasteiger partial charge >= 0.3 is 0 Å². The fourth-order valence-corrected chi connectivity index (χ4v) is 0.891. The number of hydrogen-bond donors (Lipinski definition) is 0. The molecule has 0 fully saturated rings. The summed E-state index contributed by atoms with van der Waals surface area (Å²) in [5, 5.41) is 11.4. The van der Waals surface area contributed by atoms with Gasteiger partial charge in [0.15, 0.2) is 5.82 Å². The van der Waals surface area contributed by atoms with E-state index in [4.69, 9.17) is 0 Å². The SMILES string of the molecule is CCCc1nnn(C(=O)C(C)C)n1. The quantitative estimate of drug-likeness (QED) is 0.697. The average Bonchev–Trinajstić information content (AvgIpc) is 2.52. The van der Waals surface area contributed by atoms with Crippen LogP contribution in [0.5, 0.6) is 0 Å². The van der Waals surface area contributed by atoms with Crippen LogP contribution < -0.4 is 0 Å². The molecule has 0 amide bonds. The Balaban J connectivity index is 2.73. The van der Waals surface area contributed by atoms with Gasteiger partial charge in [-0.15, -0.1) is 10.2 Å². The molecule has 72 valence electrons. The molecular weight excluding hydrogens is 168 g/mol. The van der Waals surface area contributed by atoms with Gasteiger partial charge in [0.1, 0.15) is 0 Å². The lowest BCUT2D eigenvalue weighted by Crippen LogP contribution is -2.19. The van der Waals surface area contributed by atoms with Crippen LogP contribution in [0.1, 0.15) is 37.8 Å². The first-order valence-corrected chi connectivity index (χ1v) is 4.48. The van der Waals surface area contributed by atoms with Crippen LogP contribution in [-0.4, -0.2) is 26.1 Å². The van der Waals surface area contributed by atoms with Gasteiger partial charge in [0.05, 0.1) is 0 Å². The Hall–Kier alpha value is -1.26. The second kappa shape index (κ2) is 4.11. The summed E-state index contributed by atoms with van der Waals surface area (Å²) < 4.78 is 0. The summed E-state index contributed by atoms with van der Waals surface area (Å²) in [5.41, 5.74) is 0. The van der Waals surface area contributed by atoms with Crippen molar-refractivity contribution >= 4 is 5.91 Å². The third-order valence-electron chi connectivity index (χ3n) is 1.62. The van der Waals surface area contributed by atoms with E-state index in [2.05, 4.69) is 15.4 Å². The predicted octanol–water partition coefficient (Wildman–Crippen LogP) is 0.922. The number of aromatic nitrogens is 4. The van der Waals surface area contributed by atoms with Crippen molar-refractivity contribution in [1.82, 2.24) is 20.2 Å². The summed E-state index contributed by atoms with van der Waals surface area (Å²) in [6.45, 7) is 5.65. The summed E-state index contributed by atoms with van der Waals surface area (Å²) in [4.78, 5) is 12.4. The van der Waals surface area contributed by atoms with Crippen LogP contribution in [0.3, 0.4) is 0 Å². The number of hydrogen-bond acceptors (Lipinski definition) is 4. The van der Waals surface area contributed by atoms with Crippen molar-refractivity contribution in [1.29, 1.82) is 0 Å². The van der Waals surface area contributed by atoms with Gasteiger partial charge in [-0.3, -0.25) is 4.79 Å². The molecular formula is C8H14N4O. The molecule has 1 rings (SSSR count). The van der Waals surface area contributed by atoms with E-state index in [1.54, 1.807) is 0 Å². The maximum Gasteiger partial charge on any atom is 0.268 e. The predicted molar refractivity (Wildman–Crippen MR) is 47.3 cm³/mol. The second-order valence-electron chi connectivity index (χ2n) is 3.24. The van der Waals surface area contributed by atoms with Crippen molar-refractivity contribution in [3.05, 3.63) is 5.82 Å². The lowest BCUT2D eigenvalue weighted by Gasteiger charge is -1.98. The molecule has 0 aliphatic rings. The Morgan fingerprint density at radius 1 is 1.54 bits per heavy atom. The highest BCUT2D eigenvalue weighted by molar-refractivity contribution is 5.78. The lowest BCUT2D eigenvalue weighted by atomic mass is 10.2. The van der Waals surface area contributed by atoms with Gasteiger partial charge in [0.25, 0.3) is 5.91 Å². The maximum atomic E-state index is 11.4. The molecule has 5 heteroatoms. The molecule has 0 aliphatic heterocycles. The fourth-order valence-electron chi connectivity index (χ4n) is 0.891. The molecule has 0 atom stereocenters. The smallest absolute Gasteiger partial charge is 0.268 e. The Labute approximate surface area is 77.1 Å². The molecule has 0 N–H and O–H groups in total. The topological polar surface area (TPSA) is 60.7 Å². The van der Waals surface area contributed by atoms with Crippen molar-refractivity contribution in [2.75, 3.05) is 0 Å². The summed E-state index contributed by atoms with van der Waals surface area (Å²) in [5.74, 6) is 0.426. The highest BCUT2D eigenvalue weighted by Gasteiger charge is 2.13. The largest absolute Gasteiger partial charge is 0.271 e. The van der Waals surface area contributed by atoms with Crippen LogP contribution >= 0.6 is 0 Å². The Kier molecular flexibility index (Phi) is 3.11. The van der Waals surface area contributed by atoms with Crippen LogP contribution in [0.25, 0.3) is 0 Å². The standard InChI is InChI=1S/C8H14N4O/c1-4-5-7-9-11-12(10-7)8(13)6(2)3/h6H,4-5H2,1-3H3. The molecule has 5 nitrogen and oxygen atoms in total. The molecule has 0 saturated heterocycles. The molecule has 0 aromatic carbocycles. The fraction of sp³-hybridized carbons (Fsp3) is 0.750. The summed E-state index contributed by atoms with van der Waals surface area (Å²) in [6, 6.07) is 0. The maximum absolute atomic E-state index is 11.4. The zero-order valence-electron chi connectivity index (χ0n) is 8.19. The zero-order valence-corrected chi connectivity index (χ0v) is 8.19. The van der Waals surface area contributed by atoms with Gasteiger partial charge in [0, 0.05) is 12.3 Å². The van der Waals surface area contributed by atoms with Gasteiger partial charge in [-0.05, 0) is 11.6 Å². The molecule has 1 aromatic heterocycles. The summed E-state index contributed by atoms with van der Waals surface area (Å²) in [6.07, 6.45) is 1.73. The Morgan fingerprint density at radius 3 is 2.77 bits per heavy atom. The Bertz CT molecular complexity index is 292. The van der Waals surface area contributed by atoms with Crippen molar-refractivity contribution in [3.63, 3.8) is 0 Å². The summed E-state index contributed by atoms with van der Waals surface area (Å²) >= 11 is 0. The van der Waals surface area contributed by atoms with Crippen molar-refractivity contribution in [3.8, 4) is 0 Å². The van der Waals surface area contributed by atoms with E-state index in [1.807, 2.05) is 20.8 Å². The average molecular weight is 182 g/mol. The van der Waals surface area contributed by atoms with E-state index < -0.39 is 0 Å². The van der Waals surface area contributed by atoms with Crippen molar-refractivity contribution in [2.45, 2.75) is 33.6 Å². The number of carbonyl (C=O) groups is 1. The molecule has 0 saturated carbocycles. The number of carbonyl (C=O) groups excluding carboxylic acids is 1. The van der Waals surface area contributed by atoms with E-state index in [1.165, 1.54) is 0 Å². The van der Waals surface area contributed by atoms with E-state index in [0.717, 1.165) is 17.6 Å². The second-order valence-corrected chi connectivity index (χ2v) is 3.24. The zero-order chi connectivity index (χ0) is 9.84. The normalized spacial score (nSPS) is 10.8. The molecule has 0 radical (unpaired) electrons. The number of aryl methyl sites for hydroxylation is 1. The molecule has 0 spiro atoms. The molecule has 13 heavy (non-hydrogen) atoms.